The smallest absolute Gasteiger partial charge is 0.112 e. The van der Waals surface area contributed by atoms with E-state index in [1.165, 1.54) is 5.56 Å². The highest BCUT2D eigenvalue weighted by atomic mass is 16.3. The van der Waals surface area contributed by atoms with Crippen LogP contribution in [0.5, 0.6) is 0 Å². The summed E-state index contributed by atoms with van der Waals surface area (Å²) < 4.78 is 0. The van der Waals surface area contributed by atoms with Crippen molar-refractivity contribution in [3.05, 3.63) is 70.3 Å². The van der Waals surface area contributed by atoms with Crippen molar-refractivity contribution in [2.24, 2.45) is 0 Å². The number of aryl methyl sites for hydroxylation is 3. The van der Waals surface area contributed by atoms with Gasteiger partial charge in [0.1, 0.15) is 5.60 Å². The first-order valence-corrected chi connectivity index (χ1v) is 6.28. The van der Waals surface area contributed by atoms with Gasteiger partial charge in [0.05, 0.1) is 0 Å². The fraction of sp³-hybridized carbons (Fsp3) is 0.294. The van der Waals surface area contributed by atoms with E-state index < -0.39 is 5.60 Å². The topological polar surface area (TPSA) is 20.2 Å². The highest BCUT2D eigenvalue weighted by Gasteiger charge is 2.27. The summed E-state index contributed by atoms with van der Waals surface area (Å²) in [6.07, 6.45) is 0. The van der Waals surface area contributed by atoms with E-state index in [1.807, 2.05) is 57.2 Å². The summed E-state index contributed by atoms with van der Waals surface area (Å²) in [6, 6.07) is 14.2. The Morgan fingerprint density at radius 3 is 2.17 bits per heavy atom. The van der Waals surface area contributed by atoms with Crippen molar-refractivity contribution in [3.63, 3.8) is 0 Å². The molecule has 0 aliphatic carbocycles. The molecule has 2 rings (SSSR count). The van der Waals surface area contributed by atoms with E-state index in [-0.39, 0.29) is 0 Å². The molecule has 0 radical (unpaired) electrons. The Morgan fingerprint density at radius 1 is 0.889 bits per heavy atom. The van der Waals surface area contributed by atoms with E-state index in [0.717, 1.165) is 22.3 Å². The SMILES string of the molecule is Cc1cccc(C(C)(O)c2ccc(C)cc2C)c1. The molecule has 0 aliphatic heterocycles. The number of hydrogen-bond donors (Lipinski definition) is 1. The minimum Gasteiger partial charge on any atom is -0.381 e. The standard InChI is InChI=1S/C17H20O/c1-12-6-5-7-15(11-12)17(4,18)16-9-8-13(2)10-14(16)3/h5-11,18H,1-4H3. The molecule has 0 saturated heterocycles. The van der Waals surface area contributed by atoms with Gasteiger partial charge in [0.15, 0.2) is 0 Å². The van der Waals surface area contributed by atoms with Gasteiger partial charge in [0, 0.05) is 0 Å². The summed E-state index contributed by atoms with van der Waals surface area (Å²) in [5.41, 5.74) is 4.48. The molecule has 0 aromatic heterocycles. The minimum absolute atomic E-state index is 0.939. The zero-order valence-corrected chi connectivity index (χ0v) is 11.5. The van der Waals surface area contributed by atoms with Crippen LogP contribution in [0, 0.1) is 20.8 Å². The lowest BCUT2D eigenvalue weighted by Gasteiger charge is -2.27. The lowest BCUT2D eigenvalue weighted by Crippen LogP contribution is -2.24. The van der Waals surface area contributed by atoms with Crippen LogP contribution in [-0.4, -0.2) is 5.11 Å². The maximum atomic E-state index is 10.9. The second-order valence-electron chi connectivity index (χ2n) is 5.26. The van der Waals surface area contributed by atoms with Gasteiger partial charge in [0.2, 0.25) is 0 Å². The van der Waals surface area contributed by atoms with E-state index in [0.29, 0.717) is 0 Å². The number of aliphatic hydroxyl groups is 1. The molecule has 0 heterocycles. The first-order chi connectivity index (χ1) is 8.41. The zero-order valence-electron chi connectivity index (χ0n) is 11.5. The summed E-state index contributed by atoms with van der Waals surface area (Å²) in [6.45, 7) is 8.02. The Kier molecular flexibility index (Phi) is 3.27. The monoisotopic (exact) mass is 240 g/mol. The van der Waals surface area contributed by atoms with Crippen molar-refractivity contribution < 1.29 is 5.11 Å². The highest BCUT2D eigenvalue weighted by molar-refractivity contribution is 5.42. The lowest BCUT2D eigenvalue weighted by atomic mass is 9.84. The Morgan fingerprint density at radius 2 is 1.56 bits per heavy atom. The van der Waals surface area contributed by atoms with Gasteiger partial charge in [-0.2, -0.15) is 0 Å². The van der Waals surface area contributed by atoms with Gasteiger partial charge in [-0.15, -0.1) is 0 Å². The van der Waals surface area contributed by atoms with Crippen molar-refractivity contribution in [1.29, 1.82) is 0 Å². The van der Waals surface area contributed by atoms with Crippen LogP contribution >= 0.6 is 0 Å². The Bertz CT molecular complexity index is 568. The fourth-order valence-corrected chi connectivity index (χ4v) is 2.46. The summed E-state index contributed by atoms with van der Waals surface area (Å²) in [7, 11) is 0. The molecule has 1 heteroatoms. The van der Waals surface area contributed by atoms with Crippen LogP contribution < -0.4 is 0 Å². The Hall–Kier alpha value is -1.60. The van der Waals surface area contributed by atoms with Crippen LogP contribution in [0.15, 0.2) is 42.5 Å². The summed E-state index contributed by atoms with van der Waals surface area (Å²) in [4.78, 5) is 0. The molecule has 18 heavy (non-hydrogen) atoms. The molecule has 0 aliphatic rings. The minimum atomic E-state index is -0.941. The van der Waals surface area contributed by atoms with Crippen molar-refractivity contribution >= 4 is 0 Å². The first-order valence-electron chi connectivity index (χ1n) is 6.28. The van der Waals surface area contributed by atoms with Crippen LogP contribution in [0.1, 0.15) is 34.7 Å². The van der Waals surface area contributed by atoms with E-state index in [9.17, 15) is 5.11 Å². The third-order valence-corrected chi connectivity index (χ3v) is 3.49. The van der Waals surface area contributed by atoms with Gasteiger partial charge >= 0.3 is 0 Å². The Balaban J connectivity index is 2.53. The number of benzene rings is 2. The molecular weight excluding hydrogens is 220 g/mol. The van der Waals surface area contributed by atoms with E-state index in [4.69, 9.17) is 0 Å². The Labute approximate surface area is 109 Å². The third-order valence-electron chi connectivity index (χ3n) is 3.49. The first kappa shape index (κ1) is 12.8. The molecule has 2 aromatic carbocycles. The second kappa shape index (κ2) is 4.58. The van der Waals surface area contributed by atoms with E-state index >= 15 is 0 Å². The molecule has 0 amide bonds. The second-order valence-corrected chi connectivity index (χ2v) is 5.26. The van der Waals surface area contributed by atoms with Crippen LogP contribution in [0.4, 0.5) is 0 Å². The quantitative estimate of drug-likeness (QED) is 0.845. The number of hydrogen-bond acceptors (Lipinski definition) is 1. The third kappa shape index (κ3) is 2.32. The average molecular weight is 240 g/mol. The van der Waals surface area contributed by atoms with E-state index in [2.05, 4.69) is 13.0 Å². The van der Waals surface area contributed by atoms with Crippen molar-refractivity contribution in [2.45, 2.75) is 33.3 Å². The highest BCUT2D eigenvalue weighted by Crippen LogP contribution is 2.32. The summed E-state index contributed by atoms with van der Waals surface area (Å²) >= 11 is 0. The molecule has 1 nitrogen and oxygen atoms in total. The van der Waals surface area contributed by atoms with Gasteiger partial charge in [0.25, 0.3) is 0 Å². The molecule has 1 atom stereocenters. The average Bonchev–Trinajstić information content (AvgIpc) is 2.28. The molecule has 2 aromatic rings. The fourth-order valence-electron chi connectivity index (χ4n) is 2.46. The summed E-state index contributed by atoms with van der Waals surface area (Å²) in [5.74, 6) is 0. The molecular formula is C17H20O. The molecule has 0 spiro atoms. The molecule has 0 bridgehead atoms. The van der Waals surface area contributed by atoms with E-state index in [1.54, 1.807) is 0 Å². The van der Waals surface area contributed by atoms with Gasteiger partial charge in [-0.1, -0.05) is 53.6 Å². The molecule has 0 fully saturated rings. The zero-order chi connectivity index (χ0) is 13.3. The van der Waals surface area contributed by atoms with Gasteiger partial charge < -0.3 is 5.11 Å². The maximum absolute atomic E-state index is 10.9. The van der Waals surface area contributed by atoms with Crippen LogP contribution in [-0.2, 0) is 5.60 Å². The van der Waals surface area contributed by atoms with Crippen LogP contribution in [0.3, 0.4) is 0 Å². The molecule has 0 saturated carbocycles. The lowest BCUT2D eigenvalue weighted by molar-refractivity contribution is 0.101. The van der Waals surface area contributed by atoms with Gasteiger partial charge in [-0.3, -0.25) is 0 Å². The molecule has 1 N–H and O–H groups in total. The number of rotatable bonds is 2. The largest absolute Gasteiger partial charge is 0.381 e. The summed E-state index contributed by atoms with van der Waals surface area (Å²) in [5, 5.41) is 10.9. The van der Waals surface area contributed by atoms with Crippen molar-refractivity contribution in [1.82, 2.24) is 0 Å². The van der Waals surface area contributed by atoms with Crippen molar-refractivity contribution in [2.75, 3.05) is 0 Å². The van der Waals surface area contributed by atoms with Gasteiger partial charge in [-0.05, 0) is 44.4 Å². The van der Waals surface area contributed by atoms with Crippen LogP contribution in [0.2, 0.25) is 0 Å². The molecule has 94 valence electrons. The normalized spacial score (nSPS) is 14.3. The maximum Gasteiger partial charge on any atom is 0.112 e. The van der Waals surface area contributed by atoms with Crippen LogP contribution in [0.25, 0.3) is 0 Å². The van der Waals surface area contributed by atoms with Crippen molar-refractivity contribution in [3.8, 4) is 0 Å². The van der Waals surface area contributed by atoms with Gasteiger partial charge in [-0.25, -0.2) is 0 Å². The predicted molar refractivity (Wildman–Crippen MR) is 75.8 cm³/mol. The predicted octanol–water partition coefficient (Wildman–Crippen LogP) is 3.87. The molecule has 1 unspecified atom stereocenters.